The average Bonchev–Trinajstić information content (AvgIpc) is 3.28. The monoisotopic (exact) mass is 537 g/mol. The van der Waals surface area contributed by atoms with E-state index in [1.54, 1.807) is 24.3 Å². The summed E-state index contributed by atoms with van der Waals surface area (Å²) in [6.45, 7) is 0.754. The standard InChI is InChI=1S/C21H21BrClN5O5/c22-12-7-14(18(30)16(23)8-12)15(20(32)33)9-26-17(29)10-27-19(31)11-2-1-3-13(6-11)28-21-24-4-5-25-21/h1-3,6-8,15,30H,4-5,9-10H2,(H,26,29)(H,27,31)(H,32,33)(H2,24,25,28). The molecule has 2 amide bonds. The highest BCUT2D eigenvalue weighted by Gasteiger charge is 2.25. The van der Waals surface area contributed by atoms with Crippen molar-refractivity contribution in [1.82, 2.24) is 16.0 Å². The van der Waals surface area contributed by atoms with Gasteiger partial charge < -0.3 is 31.5 Å². The molecule has 0 saturated heterocycles. The predicted molar refractivity (Wildman–Crippen MR) is 127 cm³/mol. The molecule has 6 N–H and O–H groups in total. The molecule has 2 aromatic rings. The summed E-state index contributed by atoms with van der Waals surface area (Å²) in [4.78, 5) is 40.5. The molecule has 33 heavy (non-hydrogen) atoms. The zero-order valence-corrected chi connectivity index (χ0v) is 19.5. The second kappa shape index (κ2) is 11.0. The fourth-order valence-corrected chi connectivity index (χ4v) is 3.91. The number of nitrogens with zero attached hydrogens (tertiary/aromatic N) is 1. The lowest BCUT2D eigenvalue weighted by Gasteiger charge is -2.16. The highest BCUT2D eigenvalue weighted by molar-refractivity contribution is 9.10. The van der Waals surface area contributed by atoms with E-state index in [9.17, 15) is 24.6 Å². The number of benzene rings is 2. The van der Waals surface area contributed by atoms with Crippen molar-refractivity contribution in [3.05, 3.63) is 57.0 Å². The van der Waals surface area contributed by atoms with E-state index in [1.165, 1.54) is 12.1 Å². The Bertz CT molecular complexity index is 1110. The van der Waals surface area contributed by atoms with Crippen LogP contribution >= 0.6 is 27.5 Å². The summed E-state index contributed by atoms with van der Waals surface area (Å²) in [5.74, 6) is -3.31. The Balaban J connectivity index is 1.55. The molecule has 1 heterocycles. The maximum atomic E-state index is 12.4. The third-order valence-corrected chi connectivity index (χ3v) is 5.45. The van der Waals surface area contributed by atoms with Crippen LogP contribution in [-0.2, 0) is 9.59 Å². The second-order valence-electron chi connectivity index (χ2n) is 7.07. The number of halogens is 2. The first kappa shape index (κ1) is 24.3. The summed E-state index contributed by atoms with van der Waals surface area (Å²) in [7, 11) is 0. The molecule has 3 rings (SSSR count). The molecule has 10 nitrogen and oxygen atoms in total. The van der Waals surface area contributed by atoms with Gasteiger partial charge in [-0.1, -0.05) is 33.6 Å². The molecule has 0 spiro atoms. The molecule has 0 aliphatic carbocycles. The van der Waals surface area contributed by atoms with Gasteiger partial charge in [0, 0.05) is 34.4 Å². The van der Waals surface area contributed by atoms with E-state index < -0.39 is 23.7 Å². The number of aromatic hydroxyl groups is 1. The van der Waals surface area contributed by atoms with E-state index in [0.717, 1.165) is 6.54 Å². The van der Waals surface area contributed by atoms with Crippen LogP contribution in [0.1, 0.15) is 21.8 Å². The van der Waals surface area contributed by atoms with E-state index >= 15 is 0 Å². The first-order chi connectivity index (χ1) is 15.7. The van der Waals surface area contributed by atoms with E-state index in [4.69, 9.17) is 11.6 Å². The quantitative estimate of drug-likeness (QED) is 0.300. The van der Waals surface area contributed by atoms with Crippen LogP contribution < -0.4 is 21.3 Å². The van der Waals surface area contributed by atoms with Gasteiger partial charge in [-0.05, 0) is 30.3 Å². The Morgan fingerprint density at radius 3 is 2.70 bits per heavy atom. The van der Waals surface area contributed by atoms with Crippen molar-refractivity contribution in [2.45, 2.75) is 5.92 Å². The molecular weight excluding hydrogens is 518 g/mol. The van der Waals surface area contributed by atoms with Gasteiger partial charge in [-0.15, -0.1) is 0 Å². The van der Waals surface area contributed by atoms with Crippen LogP contribution in [0, 0.1) is 0 Å². The lowest BCUT2D eigenvalue weighted by atomic mass is 9.98. The second-order valence-corrected chi connectivity index (χ2v) is 8.39. The van der Waals surface area contributed by atoms with Crippen LogP contribution in [0.5, 0.6) is 5.75 Å². The number of aliphatic imine (C=N–C) groups is 1. The molecule has 0 bridgehead atoms. The predicted octanol–water partition coefficient (Wildman–Crippen LogP) is 1.89. The number of hydrogen-bond acceptors (Lipinski definition) is 7. The Kier molecular flexibility index (Phi) is 8.12. The number of amides is 2. The molecule has 1 unspecified atom stereocenters. The molecule has 1 aliphatic heterocycles. The van der Waals surface area contributed by atoms with Crippen LogP contribution in [-0.4, -0.2) is 60.1 Å². The first-order valence-electron chi connectivity index (χ1n) is 9.85. The number of carbonyl (C=O) groups is 3. The largest absolute Gasteiger partial charge is 0.506 e. The molecule has 0 aromatic heterocycles. The highest BCUT2D eigenvalue weighted by atomic mass is 79.9. The minimum absolute atomic E-state index is 0.0169. The fraction of sp³-hybridized carbons (Fsp3) is 0.238. The van der Waals surface area contributed by atoms with E-state index in [-0.39, 0.29) is 29.4 Å². The van der Waals surface area contributed by atoms with Gasteiger partial charge in [0.05, 0.1) is 18.1 Å². The smallest absolute Gasteiger partial charge is 0.312 e. The molecule has 2 aromatic carbocycles. The molecule has 1 atom stereocenters. The van der Waals surface area contributed by atoms with Crippen molar-refractivity contribution < 1.29 is 24.6 Å². The maximum Gasteiger partial charge on any atom is 0.312 e. The number of rotatable bonds is 8. The summed E-state index contributed by atoms with van der Waals surface area (Å²) in [6.07, 6.45) is 0. The van der Waals surface area contributed by atoms with E-state index in [2.05, 4.69) is 42.2 Å². The van der Waals surface area contributed by atoms with Crippen LogP contribution in [0.4, 0.5) is 5.69 Å². The van der Waals surface area contributed by atoms with Crippen molar-refractivity contribution in [2.75, 3.05) is 31.5 Å². The zero-order chi connectivity index (χ0) is 24.0. The third kappa shape index (κ3) is 6.59. The molecule has 0 saturated carbocycles. The third-order valence-electron chi connectivity index (χ3n) is 4.71. The molecule has 174 valence electrons. The fourth-order valence-electron chi connectivity index (χ4n) is 3.08. The number of nitrogens with one attached hydrogen (secondary N) is 4. The first-order valence-corrected chi connectivity index (χ1v) is 11.0. The minimum atomic E-state index is -1.26. The summed E-state index contributed by atoms with van der Waals surface area (Å²) < 4.78 is 0.484. The van der Waals surface area contributed by atoms with Crippen molar-refractivity contribution >= 4 is 57.0 Å². The van der Waals surface area contributed by atoms with E-state index in [1.807, 2.05) is 0 Å². The minimum Gasteiger partial charge on any atom is -0.506 e. The topological polar surface area (TPSA) is 152 Å². The molecule has 0 fully saturated rings. The normalized spacial score (nSPS) is 13.5. The van der Waals surface area contributed by atoms with Gasteiger partial charge in [0.2, 0.25) is 5.91 Å². The molecule has 1 aliphatic rings. The number of anilines is 1. The van der Waals surface area contributed by atoms with Gasteiger partial charge in [-0.3, -0.25) is 19.4 Å². The SMILES string of the molecule is O=C(CNC(=O)c1cccc(NC2=NCCN2)c1)NCC(C(=O)O)c1cc(Br)cc(Cl)c1O. The number of carboxylic acids is 1. The van der Waals surface area contributed by atoms with Gasteiger partial charge in [0.1, 0.15) is 11.7 Å². The highest BCUT2D eigenvalue weighted by Crippen LogP contribution is 2.35. The van der Waals surface area contributed by atoms with Crippen molar-refractivity contribution in [2.24, 2.45) is 4.99 Å². The lowest BCUT2D eigenvalue weighted by Crippen LogP contribution is -2.39. The average molecular weight is 539 g/mol. The molecule has 12 heteroatoms. The maximum absolute atomic E-state index is 12.4. The van der Waals surface area contributed by atoms with Crippen LogP contribution in [0.3, 0.4) is 0 Å². The van der Waals surface area contributed by atoms with Crippen LogP contribution in [0.25, 0.3) is 0 Å². The lowest BCUT2D eigenvalue weighted by molar-refractivity contribution is -0.138. The summed E-state index contributed by atoms with van der Waals surface area (Å²) in [5, 5.41) is 30.7. The van der Waals surface area contributed by atoms with Gasteiger partial charge >= 0.3 is 5.97 Å². The van der Waals surface area contributed by atoms with E-state index in [0.29, 0.717) is 28.2 Å². The molecular formula is C21H21BrClN5O5. The summed E-state index contributed by atoms with van der Waals surface area (Å²) in [5.41, 5.74) is 1.05. The Morgan fingerprint density at radius 1 is 1.21 bits per heavy atom. The summed E-state index contributed by atoms with van der Waals surface area (Å²) in [6, 6.07) is 9.54. The molecule has 0 radical (unpaired) electrons. The van der Waals surface area contributed by atoms with Crippen LogP contribution in [0.15, 0.2) is 45.9 Å². The van der Waals surface area contributed by atoms with Gasteiger partial charge in [0.25, 0.3) is 5.91 Å². The number of aliphatic carboxylic acids is 1. The number of carboxylic acid groups (broad SMARTS) is 1. The Hall–Kier alpha value is -3.31. The number of phenols is 1. The Morgan fingerprint density at radius 2 is 2.00 bits per heavy atom. The van der Waals surface area contributed by atoms with Gasteiger partial charge in [-0.2, -0.15) is 0 Å². The number of guanidine groups is 1. The van der Waals surface area contributed by atoms with Crippen molar-refractivity contribution in [3.8, 4) is 5.75 Å². The van der Waals surface area contributed by atoms with Crippen molar-refractivity contribution in [3.63, 3.8) is 0 Å². The van der Waals surface area contributed by atoms with Crippen LogP contribution in [0.2, 0.25) is 5.02 Å². The number of hydrogen-bond donors (Lipinski definition) is 6. The number of phenolic OH excluding ortho intramolecular Hbond substituents is 1. The summed E-state index contributed by atoms with van der Waals surface area (Å²) >= 11 is 9.11. The number of carbonyl (C=O) groups excluding carboxylic acids is 2. The zero-order valence-electron chi connectivity index (χ0n) is 17.2. The van der Waals surface area contributed by atoms with Crippen molar-refractivity contribution in [1.29, 1.82) is 0 Å². The van der Waals surface area contributed by atoms with Gasteiger partial charge in [-0.25, -0.2) is 0 Å². The van der Waals surface area contributed by atoms with Gasteiger partial charge in [0.15, 0.2) is 5.96 Å². The Labute approximate surface area is 202 Å².